The van der Waals surface area contributed by atoms with E-state index in [0.29, 0.717) is 67.9 Å². The molecule has 4 aliphatic rings. The Morgan fingerprint density at radius 3 is 2.30 bits per heavy atom. The average Bonchev–Trinajstić information content (AvgIpc) is 3.90. The topological polar surface area (TPSA) is 162 Å². The lowest BCUT2D eigenvalue weighted by molar-refractivity contribution is -0.133. The summed E-state index contributed by atoms with van der Waals surface area (Å²) >= 11 is 0. The maximum Gasteiger partial charge on any atom is 0.249 e. The van der Waals surface area contributed by atoms with Gasteiger partial charge in [-0.2, -0.15) is 15.5 Å². The van der Waals surface area contributed by atoms with Crippen LogP contribution in [0.2, 0.25) is 0 Å². The van der Waals surface area contributed by atoms with Gasteiger partial charge in [0.25, 0.3) is 0 Å². The standard InChI is InChI=1S/C40H42F2N12O3/c41-31-17-28(47-33-6-8-36(55)49-40(33)56)18-32(42)39(31)52-11-9-50(10-12-52)29-2-4-30(5-3-29)53-23-27(22-45-53)34-24-54-38(26(19-43)21-46-54)37(48-34)25-1-7-35(44-20-25)51-13-15-57-16-14-51/h1,7,17-18,20-24,29-30,33,47H,2-6,8-16H2,(H,49,55,56)/t29-,30-,33?. The van der Waals surface area contributed by atoms with E-state index in [-0.39, 0.29) is 36.2 Å². The summed E-state index contributed by atoms with van der Waals surface area (Å²) in [6, 6.07) is 8.52. The molecule has 15 nitrogen and oxygen atoms in total. The average molecular weight is 777 g/mol. The monoisotopic (exact) mass is 776 g/mol. The van der Waals surface area contributed by atoms with Crippen LogP contribution in [0.1, 0.15) is 50.1 Å². The molecule has 294 valence electrons. The fraction of sp³-hybridized carbons (Fsp3) is 0.425. The number of ether oxygens (including phenoxy) is 1. The fourth-order valence-electron chi connectivity index (χ4n) is 8.59. The number of benzene rings is 1. The number of carbonyl (C=O) groups is 2. The van der Waals surface area contributed by atoms with Gasteiger partial charge in [0.1, 0.15) is 34.7 Å². The first-order valence-corrected chi connectivity index (χ1v) is 19.5. The minimum atomic E-state index is -0.725. The lowest BCUT2D eigenvalue weighted by Crippen LogP contribution is -2.51. The molecule has 2 N–H and O–H groups in total. The Morgan fingerprint density at radius 2 is 1.60 bits per heavy atom. The van der Waals surface area contributed by atoms with E-state index in [2.05, 4.69) is 31.6 Å². The van der Waals surface area contributed by atoms with Crippen molar-refractivity contribution < 1.29 is 23.1 Å². The Balaban J connectivity index is 0.829. The smallest absolute Gasteiger partial charge is 0.249 e. The van der Waals surface area contributed by atoms with Crippen LogP contribution in [0.5, 0.6) is 0 Å². The van der Waals surface area contributed by atoms with Crippen LogP contribution < -0.4 is 20.4 Å². The molecule has 0 radical (unpaired) electrons. The van der Waals surface area contributed by atoms with Gasteiger partial charge in [0.15, 0.2) is 11.6 Å². The maximum absolute atomic E-state index is 15.3. The van der Waals surface area contributed by atoms with Crippen LogP contribution in [0.4, 0.5) is 26.0 Å². The minimum absolute atomic E-state index is 0.0566. The van der Waals surface area contributed by atoms with Gasteiger partial charge in [-0.05, 0) is 56.4 Å². The number of hydrogen-bond acceptors (Lipinski definition) is 12. The molecule has 0 bridgehead atoms. The molecule has 1 saturated carbocycles. The number of nitriles is 1. The fourth-order valence-corrected chi connectivity index (χ4v) is 8.59. The molecule has 3 aliphatic heterocycles. The van der Waals surface area contributed by atoms with E-state index < -0.39 is 23.6 Å². The minimum Gasteiger partial charge on any atom is -0.378 e. The van der Waals surface area contributed by atoms with Gasteiger partial charge in [0, 0.05) is 80.9 Å². The Kier molecular flexibility index (Phi) is 9.97. The summed E-state index contributed by atoms with van der Waals surface area (Å²) in [5, 5.41) is 24.2. The molecular weight excluding hydrogens is 735 g/mol. The number of rotatable bonds is 8. The van der Waals surface area contributed by atoms with Crippen molar-refractivity contribution >= 4 is 34.5 Å². The van der Waals surface area contributed by atoms with Crippen LogP contribution in [-0.2, 0) is 14.3 Å². The summed E-state index contributed by atoms with van der Waals surface area (Å²) in [7, 11) is 0. The second kappa shape index (κ2) is 15.5. The summed E-state index contributed by atoms with van der Waals surface area (Å²) in [5.74, 6) is -1.35. The SMILES string of the molecule is N#Cc1cnn2cc(-c3cnn([C@H]4CC[C@H](N5CCN(c6c(F)cc(NC7CCC(=O)NC7=O)cc6F)CC5)CC4)c3)nc(-c3ccc(N4CCOCC4)nc3)c12. The van der Waals surface area contributed by atoms with Crippen molar-refractivity contribution in [2.75, 3.05) is 67.6 Å². The largest absolute Gasteiger partial charge is 0.378 e. The van der Waals surface area contributed by atoms with E-state index >= 15 is 8.78 Å². The molecule has 3 saturated heterocycles. The van der Waals surface area contributed by atoms with Crippen molar-refractivity contribution in [1.82, 2.24) is 39.6 Å². The van der Waals surface area contributed by atoms with Gasteiger partial charge in [0.05, 0.1) is 49.2 Å². The third-order valence-corrected chi connectivity index (χ3v) is 11.7. The summed E-state index contributed by atoms with van der Waals surface area (Å²) in [6.45, 7) is 5.28. The highest BCUT2D eigenvalue weighted by Crippen LogP contribution is 2.35. The normalized spacial score (nSPS) is 22.1. The van der Waals surface area contributed by atoms with Crippen LogP contribution in [0.3, 0.4) is 0 Å². The quantitative estimate of drug-likeness (QED) is 0.217. The zero-order valence-corrected chi connectivity index (χ0v) is 31.3. The molecule has 17 heteroatoms. The summed E-state index contributed by atoms with van der Waals surface area (Å²) < 4.78 is 39.8. The molecule has 1 aromatic carbocycles. The zero-order valence-electron chi connectivity index (χ0n) is 31.3. The summed E-state index contributed by atoms with van der Waals surface area (Å²) in [5.41, 5.74) is 4.12. The number of piperazine rings is 1. The number of nitrogens with one attached hydrogen (secondary N) is 2. The first kappa shape index (κ1) is 36.6. The molecule has 1 unspecified atom stereocenters. The van der Waals surface area contributed by atoms with E-state index in [4.69, 9.17) is 19.8 Å². The molecule has 1 aliphatic carbocycles. The predicted molar refractivity (Wildman–Crippen MR) is 206 cm³/mol. The van der Waals surface area contributed by atoms with Crippen LogP contribution in [-0.4, -0.2) is 111 Å². The number of carbonyl (C=O) groups excluding carboxylic acids is 2. The highest BCUT2D eigenvalue weighted by atomic mass is 19.1. The lowest BCUT2D eigenvalue weighted by atomic mass is 9.90. The second-order valence-corrected chi connectivity index (χ2v) is 15.1. The molecule has 1 atom stereocenters. The number of anilines is 3. The number of morpholine rings is 1. The summed E-state index contributed by atoms with van der Waals surface area (Å²) in [6.07, 6.45) is 13.3. The molecule has 4 aromatic heterocycles. The Morgan fingerprint density at radius 1 is 0.842 bits per heavy atom. The number of piperidine rings is 1. The Hall–Kier alpha value is -5.99. The predicted octanol–water partition coefficient (Wildman–Crippen LogP) is 4.16. The van der Waals surface area contributed by atoms with E-state index in [1.54, 1.807) is 21.8 Å². The first-order chi connectivity index (χ1) is 27.8. The molecule has 7 heterocycles. The van der Waals surface area contributed by atoms with Gasteiger partial charge >= 0.3 is 0 Å². The van der Waals surface area contributed by atoms with Crippen molar-refractivity contribution in [2.24, 2.45) is 0 Å². The number of imide groups is 1. The third-order valence-electron chi connectivity index (χ3n) is 11.7. The molecular formula is C40H42F2N12O3. The maximum atomic E-state index is 15.3. The van der Waals surface area contributed by atoms with Gasteiger partial charge in [-0.1, -0.05) is 0 Å². The molecule has 5 aromatic rings. The number of aromatic nitrogens is 6. The van der Waals surface area contributed by atoms with Crippen molar-refractivity contribution in [3.05, 3.63) is 72.4 Å². The molecule has 57 heavy (non-hydrogen) atoms. The third kappa shape index (κ3) is 7.38. The molecule has 2 amide bonds. The molecule has 4 fully saturated rings. The zero-order chi connectivity index (χ0) is 39.0. The summed E-state index contributed by atoms with van der Waals surface area (Å²) in [4.78, 5) is 39.7. The number of amides is 2. The Bertz CT molecular complexity index is 2310. The van der Waals surface area contributed by atoms with E-state index in [1.807, 2.05) is 35.4 Å². The van der Waals surface area contributed by atoms with Gasteiger partial charge in [-0.15, -0.1) is 0 Å². The number of nitrogens with zero attached hydrogens (tertiary/aromatic N) is 10. The molecule has 9 rings (SSSR count). The Labute approximate surface area is 327 Å². The van der Waals surface area contributed by atoms with Crippen LogP contribution in [0, 0.1) is 23.0 Å². The van der Waals surface area contributed by atoms with Crippen molar-refractivity contribution in [3.63, 3.8) is 0 Å². The van der Waals surface area contributed by atoms with Crippen molar-refractivity contribution in [1.29, 1.82) is 5.26 Å². The van der Waals surface area contributed by atoms with E-state index in [9.17, 15) is 14.9 Å². The number of fused-ring (bicyclic) bond motifs is 1. The highest BCUT2D eigenvalue weighted by molar-refractivity contribution is 6.01. The van der Waals surface area contributed by atoms with Crippen LogP contribution >= 0.6 is 0 Å². The number of hydrogen-bond donors (Lipinski definition) is 2. The van der Waals surface area contributed by atoms with Crippen molar-refractivity contribution in [3.8, 4) is 28.6 Å². The van der Waals surface area contributed by atoms with Crippen LogP contribution in [0.15, 0.2) is 55.2 Å². The van der Waals surface area contributed by atoms with E-state index in [0.717, 1.165) is 55.7 Å². The molecule has 0 spiro atoms. The lowest BCUT2D eigenvalue weighted by Gasteiger charge is -2.42. The van der Waals surface area contributed by atoms with Gasteiger partial charge < -0.3 is 19.9 Å². The number of pyridine rings is 1. The second-order valence-electron chi connectivity index (χ2n) is 15.1. The van der Waals surface area contributed by atoms with Crippen LogP contribution in [0.25, 0.3) is 28.0 Å². The van der Waals surface area contributed by atoms with Gasteiger partial charge in [0.2, 0.25) is 11.8 Å². The highest BCUT2D eigenvalue weighted by Gasteiger charge is 2.32. The van der Waals surface area contributed by atoms with Gasteiger partial charge in [-0.3, -0.25) is 24.5 Å². The number of halogens is 2. The first-order valence-electron chi connectivity index (χ1n) is 19.5. The van der Waals surface area contributed by atoms with E-state index in [1.165, 1.54) is 12.1 Å². The van der Waals surface area contributed by atoms with Gasteiger partial charge in [-0.25, -0.2) is 23.3 Å². The van der Waals surface area contributed by atoms with Crippen molar-refractivity contribution in [2.45, 2.75) is 56.7 Å².